The fraction of sp³-hybridized carbons (Fsp3) is 0.538. The predicted octanol–water partition coefficient (Wildman–Crippen LogP) is 3.19. The molecule has 0 aliphatic rings. The van der Waals surface area contributed by atoms with Crippen LogP contribution in [0.2, 0.25) is 0 Å². The van der Waals surface area contributed by atoms with Gasteiger partial charge in [-0.1, -0.05) is 19.1 Å². The van der Waals surface area contributed by atoms with Gasteiger partial charge in [-0.3, -0.25) is 0 Å². The first-order chi connectivity index (χ1) is 8.91. The predicted molar refractivity (Wildman–Crippen MR) is 75.5 cm³/mol. The number of nitrogens with zero attached hydrogens (tertiary/aromatic N) is 3. The third-order valence-corrected chi connectivity index (χ3v) is 4.35. The molecule has 104 valence electrons. The third kappa shape index (κ3) is 2.51. The summed E-state index contributed by atoms with van der Waals surface area (Å²) < 4.78 is 15.9. The van der Waals surface area contributed by atoms with Crippen molar-refractivity contribution in [1.82, 2.24) is 15.0 Å². The molecule has 0 fully saturated rings. The lowest BCUT2D eigenvalue weighted by Gasteiger charge is -2.25. The summed E-state index contributed by atoms with van der Waals surface area (Å²) in [5.74, 6) is -0.312. The second-order valence-electron chi connectivity index (χ2n) is 4.87. The average molecular weight is 330 g/mol. The van der Waals surface area contributed by atoms with E-state index in [1.165, 1.54) is 0 Å². The first-order valence-electron chi connectivity index (χ1n) is 6.32. The number of hydrogen-bond donors (Lipinski definition) is 1. The Morgan fingerprint density at radius 2 is 2.05 bits per heavy atom. The lowest BCUT2D eigenvalue weighted by atomic mass is 9.97. The van der Waals surface area contributed by atoms with Gasteiger partial charge in [-0.25, -0.2) is 9.07 Å². The SMILES string of the molecule is CCC(O)(CC)Cn1nnc2cc(C)c(F)c(Br)c21. The molecule has 1 aromatic carbocycles. The summed E-state index contributed by atoms with van der Waals surface area (Å²) in [6.45, 7) is 5.83. The first-order valence-corrected chi connectivity index (χ1v) is 7.11. The highest BCUT2D eigenvalue weighted by atomic mass is 79.9. The van der Waals surface area contributed by atoms with E-state index in [2.05, 4.69) is 26.2 Å². The molecule has 0 aliphatic heterocycles. The molecule has 0 bridgehead atoms. The van der Waals surface area contributed by atoms with E-state index in [4.69, 9.17) is 0 Å². The molecule has 0 saturated heterocycles. The van der Waals surface area contributed by atoms with Crippen molar-refractivity contribution >= 4 is 27.0 Å². The van der Waals surface area contributed by atoms with Gasteiger partial charge in [0.2, 0.25) is 0 Å². The van der Waals surface area contributed by atoms with Crippen LogP contribution >= 0.6 is 15.9 Å². The topological polar surface area (TPSA) is 50.9 Å². The van der Waals surface area contributed by atoms with Crippen LogP contribution in [0.4, 0.5) is 4.39 Å². The molecule has 2 rings (SSSR count). The number of aromatic nitrogens is 3. The van der Waals surface area contributed by atoms with E-state index in [1.807, 2.05) is 13.8 Å². The number of rotatable bonds is 4. The smallest absolute Gasteiger partial charge is 0.142 e. The first kappa shape index (κ1) is 14.4. The van der Waals surface area contributed by atoms with Gasteiger partial charge in [0.15, 0.2) is 0 Å². The summed E-state index contributed by atoms with van der Waals surface area (Å²) in [5, 5.41) is 18.4. The van der Waals surface area contributed by atoms with Crippen LogP contribution < -0.4 is 0 Å². The molecule has 2 aromatic rings. The Balaban J connectivity index is 2.54. The molecule has 6 heteroatoms. The molecule has 0 spiro atoms. The zero-order chi connectivity index (χ0) is 14.2. The Labute approximate surface area is 119 Å². The van der Waals surface area contributed by atoms with Gasteiger partial charge in [0.1, 0.15) is 16.9 Å². The molecule has 0 unspecified atom stereocenters. The molecule has 1 heterocycles. The van der Waals surface area contributed by atoms with Crippen molar-refractivity contribution in [1.29, 1.82) is 0 Å². The van der Waals surface area contributed by atoms with Crippen molar-refractivity contribution in [3.8, 4) is 0 Å². The Hall–Kier alpha value is -1.01. The minimum absolute atomic E-state index is 0.303. The van der Waals surface area contributed by atoms with E-state index in [0.717, 1.165) is 0 Å². The molecular formula is C13H17BrFN3O. The molecule has 0 aliphatic carbocycles. The quantitative estimate of drug-likeness (QED) is 0.937. The van der Waals surface area contributed by atoms with E-state index in [9.17, 15) is 9.50 Å². The van der Waals surface area contributed by atoms with Gasteiger partial charge in [0.25, 0.3) is 0 Å². The van der Waals surface area contributed by atoms with Crippen molar-refractivity contribution in [2.24, 2.45) is 0 Å². The van der Waals surface area contributed by atoms with Crippen LogP contribution in [0.25, 0.3) is 11.0 Å². The van der Waals surface area contributed by atoms with Gasteiger partial charge < -0.3 is 5.11 Å². The van der Waals surface area contributed by atoms with E-state index in [0.29, 0.717) is 40.5 Å². The van der Waals surface area contributed by atoms with Crippen LogP contribution in [0.15, 0.2) is 10.5 Å². The molecule has 1 aromatic heterocycles. The Bertz CT molecular complexity index is 607. The largest absolute Gasteiger partial charge is 0.388 e. The van der Waals surface area contributed by atoms with Crippen LogP contribution in [0, 0.1) is 12.7 Å². The monoisotopic (exact) mass is 329 g/mol. The fourth-order valence-electron chi connectivity index (χ4n) is 2.06. The average Bonchev–Trinajstić information content (AvgIpc) is 2.78. The van der Waals surface area contributed by atoms with Crippen LogP contribution in [0.3, 0.4) is 0 Å². The van der Waals surface area contributed by atoms with E-state index in [1.54, 1.807) is 17.7 Å². The molecule has 0 atom stereocenters. The Morgan fingerprint density at radius 1 is 1.42 bits per heavy atom. The fourth-order valence-corrected chi connectivity index (χ4v) is 2.78. The Morgan fingerprint density at radius 3 is 2.63 bits per heavy atom. The van der Waals surface area contributed by atoms with Crippen molar-refractivity contribution < 1.29 is 9.50 Å². The molecule has 0 amide bonds. The maximum atomic E-state index is 13.9. The highest BCUT2D eigenvalue weighted by Gasteiger charge is 2.25. The summed E-state index contributed by atoms with van der Waals surface area (Å²) in [5.41, 5.74) is 0.887. The van der Waals surface area contributed by atoms with Crippen molar-refractivity contribution in [2.45, 2.75) is 45.8 Å². The maximum Gasteiger partial charge on any atom is 0.142 e. The number of aryl methyl sites for hydroxylation is 1. The summed E-state index contributed by atoms with van der Waals surface area (Å²) in [7, 11) is 0. The standard InChI is InChI=1S/C13H17BrFN3O/c1-4-13(19,5-2)7-18-12-9(16-17-18)6-8(3)11(15)10(12)14/h6,19H,4-5,7H2,1-3H3. The van der Waals surface area contributed by atoms with Crippen LogP contribution in [-0.4, -0.2) is 25.7 Å². The van der Waals surface area contributed by atoms with E-state index < -0.39 is 5.60 Å². The van der Waals surface area contributed by atoms with Gasteiger partial charge in [-0.05, 0) is 47.3 Å². The molecular weight excluding hydrogens is 313 g/mol. The van der Waals surface area contributed by atoms with Crippen molar-refractivity contribution in [3.63, 3.8) is 0 Å². The molecule has 19 heavy (non-hydrogen) atoms. The minimum atomic E-state index is -0.846. The van der Waals surface area contributed by atoms with Gasteiger partial charge >= 0.3 is 0 Å². The van der Waals surface area contributed by atoms with Crippen LogP contribution in [0.5, 0.6) is 0 Å². The lowest BCUT2D eigenvalue weighted by molar-refractivity contribution is 0.0125. The van der Waals surface area contributed by atoms with E-state index >= 15 is 0 Å². The van der Waals surface area contributed by atoms with Crippen molar-refractivity contribution in [3.05, 3.63) is 21.9 Å². The Kier molecular flexibility index (Phi) is 3.92. The number of benzene rings is 1. The third-order valence-electron chi connectivity index (χ3n) is 3.62. The van der Waals surface area contributed by atoms with Crippen LogP contribution in [0.1, 0.15) is 32.3 Å². The molecule has 0 radical (unpaired) electrons. The number of hydrogen-bond acceptors (Lipinski definition) is 3. The molecule has 4 nitrogen and oxygen atoms in total. The number of fused-ring (bicyclic) bond motifs is 1. The van der Waals surface area contributed by atoms with Crippen molar-refractivity contribution in [2.75, 3.05) is 0 Å². The summed E-state index contributed by atoms with van der Waals surface area (Å²) in [6.07, 6.45) is 1.22. The second-order valence-corrected chi connectivity index (χ2v) is 5.66. The zero-order valence-corrected chi connectivity index (χ0v) is 12.8. The molecule has 1 N–H and O–H groups in total. The maximum absolute atomic E-state index is 13.9. The highest BCUT2D eigenvalue weighted by Crippen LogP contribution is 2.29. The lowest BCUT2D eigenvalue weighted by Crippen LogP contribution is -2.33. The number of aliphatic hydroxyl groups is 1. The van der Waals surface area contributed by atoms with Gasteiger partial charge in [0.05, 0.1) is 16.6 Å². The van der Waals surface area contributed by atoms with Gasteiger partial charge in [0, 0.05) is 0 Å². The normalized spacial score (nSPS) is 12.3. The van der Waals surface area contributed by atoms with Gasteiger partial charge in [-0.2, -0.15) is 0 Å². The summed E-state index contributed by atoms with van der Waals surface area (Å²) in [4.78, 5) is 0. The van der Waals surface area contributed by atoms with E-state index in [-0.39, 0.29) is 5.82 Å². The number of halogens is 2. The summed E-state index contributed by atoms with van der Waals surface area (Å²) in [6, 6.07) is 1.66. The molecule has 0 saturated carbocycles. The second kappa shape index (κ2) is 5.17. The highest BCUT2D eigenvalue weighted by molar-refractivity contribution is 9.10. The van der Waals surface area contributed by atoms with Crippen LogP contribution in [-0.2, 0) is 6.54 Å². The summed E-state index contributed by atoms with van der Waals surface area (Å²) >= 11 is 3.26. The minimum Gasteiger partial charge on any atom is -0.388 e. The zero-order valence-electron chi connectivity index (χ0n) is 11.2. The van der Waals surface area contributed by atoms with Gasteiger partial charge in [-0.15, -0.1) is 5.10 Å².